The summed E-state index contributed by atoms with van der Waals surface area (Å²) in [6.45, 7) is 5.10. The molecular formula is C20H19ClN4O2. The zero-order chi connectivity index (χ0) is 19.6. The smallest absolute Gasteiger partial charge is 0.247 e. The highest BCUT2D eigenvalue weighted by Gasteiger charge is 2.34. The molecule has 0 radical (unpaired) electrons. The normalized spacial score (nSPS) is 12.4. The number of rotatable bonds is 5. The zero-order valence-electron chi connectivity index (χ0n) is 15.2. The molecule has 1 atom stereocenters. The fourth-order valence-corrected chi connectivity index (χ4v) is 2.88. The summed E-state index contributed by atoms with van der Waals surface area (Å²) in [6.07, 6.45) is 0. The fraction of sp³-hybridized carbons (Fsp3) is 0.250. The van der Waals surface area contributed by atoms with E-state index in [0.717, 1.165) is 5.56 Å². The minimum absolute atomic E-state index is 0.251. The third kappa shape index (κ3) is 3.95. The molecule has 2 N–H and O–H groups in total. The number of aliphatic hydroxyl groups is 1. The highest BCUT2D eigenvalue weighted by atomic mass is 35.5. The van der Waals surface area contributed by atoms with Gasteiger partial charge in [-0.2, -0.15) is 5.26 Å². The largest absolute Gasteiger partial charge is 0.418 e. The third-order valence-electron chi connectivity index (χ3n) is 4.22. The molecule has 0 spiro atoms. The Hall–Kier alpha value is -2.88. The van der Waals surface area contributed by atoms with Crippen molar-refractivity contribution >= 4 is 17.3 Å². The molecule has 0 fully saturated rings. The van der Waals surface area contributed by atoms with Crippen LogP contribution in [-0.4, -0.2) is 20.9 Å². The average molecular weight is 383 g/mol. The van der Waals surface area contributed by atoms with Gasteiger partial charge in [-0.15, -0.1) is 10.2 Å². The summed E-state index contributed by atoms with van der Waals surface area (Å²) >= 11 is 6.25. The molecule has 0 saturated carbocycles. The summed E-state index contributed by atoms with van der Waals surface area (Å²) in [7, 11) is 0. The summed E-state index contributed by atoms with van der Waals surface area (Å²) in [4.78, 5) is 0. The summed E-state index contributed by atoms with van der Waals surface area (Å²) in [5.41, 5.74) is 1.36. The van der Waals surface area contributed by atoms with Crippen molar-refractivity contribution in [3.8, 4) is 17.5 Å². The van der Waals surface area contributed by atoms with E-state index in [4.69, 9.17) is 21.3 Å². The van der Waals surface area contributed by atoms with E-state index in [2.05, 4.69) is 21.6 Å². The van der Waals surface area contributed by atoms with Gasteiger partial charge < -0.3 is 14.8 Å². The van der Waals surface area contributed by atoms with Crippen molar-refractivity contribution in [3.05, 3.63) is 64.5 Å². The molecular weight excluding hydrogens is 364 g/mol. The lowest BCUT2D eigenvalue weighted by molar-refractivity contribution is 0.0502. The van der Waals surface area contributed by atoms with Crippen molar-refractivity contribution in [1.29, 1.82) is 5.26 Å². The highest BCUT2D eigenvalue weighted by molar-refractivity contribution is 6.32. The predicted octanol–water partition coefficient (Wildman–Crippen LogP) is 4.49. The van der Waals surface area contributed by atoms with Crippen molar-refractivity contribution in [1.82, 2.24) is 10.2 Å². The van der Waals surface area contributed by atoms with Crippen LogP contribution >= 0.6 is 11.6 Å². The maximum atomic E-state index is 10.7. The van der Waals surface area contributed by atoms with E-state index in [9.17, 15) is 5.11 Å². The van der Waals surface area contributed by atoms with Gasteiger partial charge in [-0.1, -0.05) is 29.8 Å². The van der Waals surface area contributed by atoms with Gasteiger partial charge in [-0.3, -0.25) is 0 Å². The van der Waals surface area contributed by atoms with Gasteiger partial charge in [0, 0.05) is 11.3 Å². The second-order valence-corrected chi connectivity index (χ2v) is 7.13. The molecule has 7 heteroatoms. The lowest BCUT2D eigenvalue weighted by atomic mass is 9.97. The Morgan fingerprint density at radius 2 is 1.89 bits per heavy atom. The SMILES string of the molecule is Cc1c(N[C@@H](c2nnc(-c3ccccc3)o2)C(C)(C)O)ccc(C#N)c1Cl. The van der Waals surface area contributed by atoms with Crippen LogP contribution in [-0.2, 0) is 0 Å². The molecule has 6 nitrogen and oxygen atoms in total. The summed E-state index contributed by atoms with van der Waals surface area (Å²) in [5.74, 6) is 0.623. The number of nitriles is 1. The third-order valence-corrected chi connectivity index (χ3v) is 4.71. The molecule has 1 aromatic heterocycles. The van der Waals surface area contributed by atoms with Crippen molar-refractivity contribution in [2.45, 2.75) is 32.4 Å². The number of aromatic nitrogens is 2. The van der Waals surface area contributed by atoms with Crippen LogP contribution < -0.4 is 5.32 Å². The molecule has 0 aliphatic heterocycles. The van der Waals surface area contributed by atoms with Crippen LogP contribution in [0.25, 0.3) is 11.5 Å². The van der Waals surface area contributed by atoms with Crippen LogP contribution in [0.3, 0.4) is 0 Å². The summed E-state index contributed by atoms with van der Waals surface area (Å²) in [5, 5.41) is 31.6. The number of benzene rings is 2. The number of anilines is 1. The molecule has 0 unspecified atom stereocenters. The zero-order valence-corrected chi connectivity index (χ0v) is 15.9. The molecule has 1 heterocycles. The minimum Gasteiger partial charge on any atom is -0.418 e. The van der Waals surface area contributed by atoms with Crippen LogP contribution in [0.2, 0.25) is 5.02 Å². The van der Waals surface area contributed by atoms with Crippen LogP contribution in [0, 0.1) is 18.3 Å². The maximum absolute atomic E-state index is 10.7. The van der Waals surface area contributed by atoms with E-state index in [0.29, 0.717) is 27.7 Å². The molecule has 3 aromatic rings. The first kappa shape index (κ1) is 18.9. The van der Waals surface area contributed by atoms with Crippen LogP contribution in [0.4, 0.5) is 5.69 Å². The molecule has 0 saturated heterocycles. The van der Waals surface area contributed by atoms with Crippen molar-refractivity contribution in [2.24, 2.45) is 0 Å². The first-order valence-electron chi connectivity index (χ1n) is 8.38. The lowest BCUT2D eigenvalue weighted by Crippen LogP contribution is -2.34. The van der Waals surface area contributed by atoms with Crippen molar-refractivity contribution in [3.63, 3.8) is 0 Å². The maximum Gasteiger partial charge on any atom is 0.247 e. The van der Waals surface area contributed by atoms with Gasteiger partial charge in [-0.25, -0.2) is 0 Å². The molecule has 0 aliphatic carbocycles. The van der Waals surface area contributed by atoms with E-state index in [1.807, 2.05) is 30.3 Å². The molecule has 0 aliphatic rings. The van der Waals surface area contributed by atoms with Gasteiger partial charge >= 0.3 is 0 Å². The lowest BCUT2D eigenvalue weighted by Gasteiger charge is -2.29. The Kier molecular flexibility index (Phi) is 5.17. The van der Waals surface area contributed by atoms with Gasteiger partial charge in [-0.05, 0) is 50.6 Å². The van der Waals surface area contributed by atoms with Crippen LogP contribution in [0.5, 0.6) is 0 Å². The van der Waals surface area contributed by atoms with Gasteiger partial charge in [0.2, 0.25) is 11.8 Å². The second kappa shape index (κ2) is 7.39. The molecule has 0 bridgehead atoms. The van der Waals surface area contributed by atoms with Gasteiger partial charge in [0.05, 0.1) is 16.2 Å². The fourth-order valence-electron chi connectivity index (χ4n) is 2.67. The predicted molar refractivity (Wildman–Crippen MR) is 103 cm³/mol. The first-order valence-corrected chi connectivity index (χ1v) is 8.76. The Morgan fingerprint density at radius 1 is 1.19 bits per heavy atom. The monoisotopic (exact) mass is 382 g/mol. The number of nitrogens with zero attached hydrogens (tertiary/aromatic N) is 3. The molecule has 138 valence electrons. The summed E-state index contributed by atoms with van der Waals surface area (Å²) in [6, 6.07) is 14.1. The Balaban J connectivity index is 1.96. The van der Waals surface area contributed by atoms with E-state index in [1.54, 1.807) is 32.9 Å². The Morgan fingerprint density at radius 3 is 2.52 bits per heavy atom. The van der Waals surface area contributed by atoms with E-state index < -0.39 is 11.6 Å². The number of hydrogen-bond donors (Lipinski definition) is 2. The number of halogens is 1. The van der Waals surface area contributed by atoms with Crippen molar-refractivity contribution in [2.75, 3.05) is 5.32 Å². The van der Waals surface area contributed by atoms with E-state index >= 15 is 0 Å². The molecule has 27 heavy (non-hydrogen) atoms. The summed E-state index contributed by atoms with van der Waals surface area (Å²) < 4.78 is 5.82. The Bertz CT molecular complexity index is 987. The molecule has 3 rings (SSSR count). The number of nitrogens with one attached hydrogen (secondary N) is 1. The molecule has 0 amide bonds. The average Bonchev–Trinajstić information content (AvgIpc) is 3.12. The van der Waals surface area contributed by atoms with Gasteiger partial charge in [0.15, 0.2) is 0 Å². The van der Waals surface area contributed by atoms with Crippen LogP contribution in [0.1, 0.15) is 36.9 Å². The minimum atomic E-state index is -1.20. The van der Waals surface area contributed by atoms with E-state index in [1.165, 1.54) is 0 Å². The van der Waals surface area contributed by atoms with Crippen molar-refractivity contribution < 1.29 is 9.52 Å². The standard InChI is InChI=1S/C20H19ClN4O2/c1-12-15(10-9-14(11-22)16(12)21)23-17(20(2,3)26)19-25-24-18(27-19)13-7-5-4-6-8-13/h4-10,17,23,26H,1-3H3/t17-/m0/s1. The van der Waals surface area contributed by atoms with Gasteiger partial charge in [0.25, 0.3) is 0 Å². The van der Waals surface area contributed by atoms with Gasteiger partial charge in [0.1, 0.15) is 12.1 Å². The first-order chi connectivity index (χ1) is 12.8. The highest BCUT2D eigenvalue weighted by Crippen LogP contribution is 2.34. The molecule has 2 aromatic carbocycles. The Labute approximate surface area is 162 Å². The van der Waals surface area contributed by atoms with Crippen LogP contribution in [0.15, 0.2) is 46.9 Å². The number of hydrogen-bond acceptors (Lipinski definition) is 6. The van der Waals surface area contributed by atoms with E-state index in [-0.39, 0.29) is 5.89 Å². The second-order valence-electron chi connectivity index (χ2n) is 6.75. The topological polar surface area (TPSA) is 95.0 Å². The quantitative estimate of drug-likeness (QED) is 0.674.